The lowest BCUT2D eigenvalue weighted by Crippen LogP contribution is -2.23. The zero-order valence-corrected chi connectivity index (χ0v) is 11.0. The Morgan fingerprint density at radius 3 is 2.53 bits per heavy atom. The van der Waals surface area contributed by atoms with Crippen LogP contribution in [0.2, 0.25) is 0 Å². The number of hydrogen-bond donors (Lipinski definition) is 0. The van der Waals surface area contributed by atoms with Gasteiger partial charge in [-0.2, -0.15) is 0 Å². The molecule has 0 saturated heterocycles. The number of carbonyl (C=O) groups is 1. The van der Waals surface area contributed by atoms with Gasteiger partial charge in [-0.15, -0.1) is 0 Å². The van der Waals surface area contributed by atoms with Crippen molar-refractivity contribution in [3.8, 4) is 0 Å². The van der Waals surface area contributed by atoms with E-state index < -0.39 is 0 Å². The summed E-state index contributed by atoms with van der Waals surface area (Å²) in [5.74, 6) is 0.549. The van der Waals surface area contributed by atoms with E-state index in [9.17, 15) is 4.79 Å². The van der Waals surface area contributed by atoms with E-state index in [1.165, 1.54) is 11.1 Å². The van der Waals surface area contributed by atoms with Gasteiger partial charge in [0.05, 0.1) is 0 Å². The minimum absolute atomic E-state index is 0.204. The van der Waals surface area contributed by atoms with Gasteiger partial charge in [0, 0.05) is 11.5 Å². The first-order valence-corrected chi connectivity index (χ1v) is 7.00. The lowest BCUT2D eigenvalue weighted by Gasteiger charge is -2.23. The summed E-state index contributed by atoms with van der Waals surface area (Å²) in [6.45, 7) is 0. The van der Waals surface area contributed by atoms with Crippen LogP contribution in [-0.4, -0.2) is 5.78 Å². The molecule has 0 N–H and O–H groups in total. The fourth-order valence-electron chi connectivity index (χ4n) is 2.92. The monoisotopic (exact) mass is 250 g/mol. The van der Waals surface area contributed by atoms with Crippen molar-refractivity contribution in [2.45, 2.75) is 25.7 Å². The summed E-state index contributed by atoms with van der Waals surface area (Å²) >= 11 is 0. The third kappa shape index (κ3) is 2.60. The summed E-state index contributed by atoms with van der Waals surface area (Å²) in [6, 6.07) is 18.5. The smallest absolute Gasteiger partial charge is 0.166 e. The largest absolute Gasteiger partial charge is 0.294 e. The summed E-state index contributed by atoms with van der Waals surface area (Å²) in [5, 5.41) is 0. The standard InChI is InChI=1S/C18H18O/c19-18-16(11-10-14-6-2-1-3-7-14)13-12-15-8-4-5-9-17(15)18/h1-9,16H,10-13H2. The van der Waals surface area contributed by atoms with Crippen LogP contribution in [0.1, 0.15) is 34.3 Å². The van der Waals surface area contributed by atoms with Gasteiger partial charge >= 0.3 is 0 Å². The highest BCUT2D eigenvalue weighted by atomic mass is 16.1. The number of fused-ring (bicyclic) bond motifs is 1. The second-order valence-electron chi connectivity index (χ2n) is 5.28. The molecule has 0 heterocycles. The quantitative estimate of drug-likeness (QED) is 0.802. The first-order valence-electron chi connectivity index (χ1n) is 7.00. The third-order valence-corrected chi connectivity index (χ3v) is 4.04. The van der Waals surface area contributed by atoms with Gasteiger partial charge in [0.25, 0.3) is 0 Å². The van der Waals surface area contributed by atoms with Crippen molar-refractivity contribution in [2.24, 2.45) is 5.92 Å². The Kier molecular flexibility index (Phi) is 3.45. The molecule has 2 aromatic carbocycles. The minimum Gasteiger partial charge on any atom is -0.294 e. The Bertz CT molecular complexity index is 571. The fourth-order valence-corrected chi connectivity index (χ4v) is 2.92. The highest BCUT2D eigenvalue weighted by Crippen LogP contribution is 2.28. The van der Waals surface area contributed by atoms with Gasteiger partial charge in [-0.3, -0.25) is 4.79 Å². The molecule has 2 aromatic rings. The van der Waals surface area contributed by atoms with Gasteiger partial charge in [0.2, 0.25) is 0 Å². The molecule has 96 valence electrons. The minimum atomic E-state index is 0.204. The molecule has 0 bridgehead atoms. The number of Topliss-reactive ketones (excluding diaryl/α,β-unsaturated/α-hetero) is 1. The number of aryl methyl sites for hydroxylation is 2. The molecule has 0 amide bonds. The van der Waals surface area contributed by atoms with Gasteiger partial charge in [-0.25, -0.2) is 0 Å². The Morgan fingerprint density at radius 2 is 1.68 bits per heavy atom. The van der Waals surface area contributed by atoms with E-state index in [0.717, 1.165) is 31.2 Å². The maximum atomic E-state index is 12.4. The number of hydrogen-bond acceptors (Lipinski definition) is 1. The van der Waals surface area contributed by atoms with Gasteiger partial charge in [-0.05, 0) is 36.8 Å². The first-order chi connectivity index (χ1) is 9.34. The maximum Gasteiger partial charge on any atom is 0.166 e. The number of benzene rings is 2. The van der Waals surface area contributed by atoms with E-state index in [1.807, 2.05) is 24.3 Å². The van der Waals surface area contributed by atoms with Crippen molar-refractivity contribution in [3.05, 3.63) is 71.3 Å². The molecular formula is C18H18O. The van der Waals surface area contributed by atoms with Crippen molar-refractivity contribution < 1.29 is 4.79 Å². The third-order valence-electron chi connectivity index (χ3n) is 4.04. The lowest BCUT2D eigenvalue weighted by molar-refractivity contribution is 0.0895. The Labute approximate surface area is 114 Å². The molecule has 0 fully saturated rings. The number of ketones is 1. The molecule has 1 nitrogen and oxygen atoms in total. The van der Waals surface area contributed by atoms with Crippen LogP contribution in [0.25, 0.3) is 0 Å². The van der Waals surface area contributed by atoms with E-state index in [1.54, 1.807) is 0 Å². The van der Waals surface area contributed by atoms with Crippen molar-refractivity contribution in [3.63, 3.8) is 0 Å². The molecule has 3 rings (SSSR count). The molecular weight excluding hydrogens is 232 g/mol. The van der Waals surface area contributed by atoms with E-state index in [2.05, 4.69) is 30.3 Å². The van der Waals surface area contributed by atoms with E-state index in [0.29, 0.717) is 5.78 Å². The van der Waals surface area contributed by atoms with E-state index in [-0.39, 0.29) is 5.92 Å². The predicted molar refractivity (Wildman–Crippen MR) is 77.3 cm³/mol. The van der Waals surface area contributed by atoms with Crippen LogP contribution in [0.15, 0.2) is 54.6 Å². The van der Waals surface area contributed by atoms with Crippen molar-refractivity contribution >= 4 is 5.78 Å². The molecule has 0 saturated carbocycles. The summed E-state index contributed by atoms with van der Waals surface area (Å²) in [6.07, 6.45) is 4.01. The number of rotatable bonds is 3. The normalized spacial score (nSPS) is 18.1. The summed E-state index contributed by atoms with van der Waals surface area (Å²) < 4.78 is 0. The highest BCUT2D eigenvalue weighted by Gasteiger charge is 2.26. The van der Waals surface area contributed by atoms with E-state index in [4.69, 9.17) is 0 Å². The second kappa shape index (κ2) is 5.40. The summed E-state index contributed by atoms with van der Waals surface area (Å²) in [7, 11) is 0. The van der Waals surface area contributed by atoms with Crippen LogP contribution >= 0.6 is 0 Å². The van der Waals surface area contributed by atoms with Crippen molar-refractivity contribution in [1.29, 1.82) is 0 Å². The topological polar surface area (TPSA) is 17.1 Å². The molecule has 1 aliphatic rings. The Morgan fingerprint density at radius 1 is 0.947 bits per heavy atom. The molecule has 0 radical (unpaired) electrons. The molecule has 1 unspecified atom stereocenters. The molecule has 0 spiro atoms. The zero-order valence-electron chi connectivity index (χ0n) is 11.0. The van der Waals surface area contributed by atoms with Crippen LogP contribution in [0.5, 0.6) is 0 Å². The lowest BCUT2D eigenvalue weighted by atomic mass is 9.80. The SMILES string of the molecule is O=C1c2ccccc2CCC1CCc1ccccc1. The van der Waals surface area contributed by atoms with Crippen molar-refractivity contribution in [1.82, 2.24) is 0 Å². The van der Waals surface area contributed by atoms with Gasteiger partial charge in [0.1, 0.15) is 0 Å². The van der Waals surface area contributed by atoms with Crippen molar-refractivity contribution in [2.75, 3.05) is 0 Å². The van der Waals surface area contributed by atoms with Crippen LogP contribution in [0.3, 0.4) is 0 Å². The molecule has 1 atom stereocenters. The molecule has 1 heteroatoms. The predicted octanol–water partition coefficient (Wildman–Crippen LogP) is 4.06. The summed E-state index contributed by atoms with van der Waals surface area (Å²) in [4.78, 5) is 12.4. The zero-order chi connectivity index (χ0) is 13.1. The van der Waals surface area contributed by atoms with Gasteiger partial charge in [0.15, 0.2) is 5.78 Å². The van der Waals surface area contributed by atoms with E-state index >= 15 is 0 Å². The Hall–Kier alpha value is -1.89. The Balaban J connectivity index is 1.69. The average Bonchev–Trinajstić information content (AvgIpc) is 2.48. The van der Waals surface area contributed by atoms with Crippen LogP contribution < -0.4 is 0 Å². The van der Waals surface area contributed by atoms with Crippen LogP contribution in [0, 0.1) is 5.92 Å². The number of carbonyl (C=O) groups excluding carboxylic acids is 1. The van der Waals surface area contributed by atoms with Gasteiger partial charge in [-0.1, -0.05) is 54.6 Å². The molecule has 1 aliphatic carbocycles. The molecule has 0 aliphatic heterocycles. The average molecular weight is 250 g/mol. The highest BCUT2D eigenvalue weighted by molar-refractivity contribution is 6.00. The van der Waals surface area contributed by atoms with Gasteiger partial charge < -0.3 is 0 Å². The fraction of sp³-hybridized carbons (Fsp3) is 0.278. The first kappa shape index (κ1) is 12.2. The molecule has 0 aromatic heterocycles. The maximum absolute atomic E-state index is 12.4. The summed E-state index contributed by atoms with van der Waals surface area (Å²) in [5.41, 5.74) is 3.50. The van der Waals surface area contributed by atoms with Crippen LogP contribution in [-0.2, 0) is 12.8 Å². The second-order valence-corrected chi connectivity index (χ2v) is 5.28. The molecule has 19 heavy (non-hydrogen) atoms. The van der Waals surface area contributed by atoms with Crippen LogP contribution in [0.4, 0.5) is 0 Å².